The molecule has 3 aliphatic rings. The Morgan fingerprint density at radius 1 is 1.10 bits per heavy atom. The molecule has 1 atom stereocenters. The Hall–Kier alpha value is -1.85. The van der Waals surface area contributed by atoms with Crippen molar-refractivity contribution in [2.75, 3.05) is 26.2 Å². The van der Waals surface area contributed by atoms with E-state index in [1.807, 2.05) is 0 Å². The van der Waals surface area contributed by atoms with Gasteiger partial charge in [-0.05, 0) is 66.1 Å². The van der Waals surface area contributed by atoms with Crippen molar-refractivity contribution in [3.8, 4) is 5.75 Å². The molecular formula is C24H30N2O2S. The molecule has 0 radical (unpaired) electrons. The third-order valence-corrected chi connectivity index (χ3v) is 7.67. The zero-order chi connectivity index (χ0) is 19.7. The van der Waals surface area contributed by atoms with Crippen molar-refractivity contribution in [3.05, 3.63) is 52.2 Å². The number of likely N-dealkylation sites (tertiary alicyclic amines) is 2. The first-order valence-electron chi connectivity index (χ1n) is 11.0. The van der Waals surface area contributed by atoms with E-state index in [1.165, 1.54) is 11.1 Å². The summed E-state index contributed by atoms with van der Waals surface area (Å²) in [5.74, 6) is 1.61. The minimum atomic E-state index is -0.116. The van der Waals surface area contributed by atoms with E-state index in [-0.39, 0.29) is 11.5 Å². The van der Waals surface area contributed by atoms with Crippen molar-refractivity contribution in [1.29, 1.82) is 0 Å². The molecular weight excluding hydrogens is 380 g/mol. The number of ether oxygens (including phenoxy) is 1. The van der Waals surface area contributed by atoms with E-state index in [0.29, 0.717) is 12.3 Å². The number of carbonyl (C=O) groups excluding carboxylic acids is 1. The maximum atomic E-state index is 12.9. The molecule has 0 saturated carbocycles. The number of rotatable bonds is 4. The van der Waals surface area contributed by atoms with Crippen LogP contribution in [0, 0.1) is 0 Å². The van der Waals surface area contributed by atoms with Gasteiger partial charge in [-0.15, -0.1) is 0 Å². The van der Waals surface area contributed by atoms with Gasteiger partial charge in [-0.2, -0.15) is 11.3 Å². The summed E-state index contributed by atoms with van der Waals surface area (Å²) in [5, 5.41) is 4.40. The molecule has 1 unspecified atom stereocenters. The molecule has 5 heteroatoms. The normalized spacial score (nSPS) is 23.7. The molecule has 1 amide bonds. The van der Waals surface area contributed by atoms with Crippen molar-refractivity contribution in [1.82, 2.24) is 9.80 Å². The highest BCUT2D eigenvalue weighted by Gasteiger charge is 2.43. The third-order valence-electron chi connectivity index (χ3n) is 6.94. The maximum absolute atomic E-state index is 12.9. The van der Waals surface area contributed by atoms with Crippen molar-refractivity contribution < 1.29 is 9.53 Å². The lowest BCUT2D eigenvalue weighted by molar-refractivity contribution is -0.131. The van der Waals surface area contributed by atoms with Crippen LogP contribution < -0.4 is 4.74 Å². The van der Waals surface area contributed by atoms with E-state index in [1.54, 1.807) is 11.3 Å². The van der Waals surface area contributed by atoms with Crippen molar-refractivity contribution in [2.45, 2.75) is 56.6 Å². The zero-order valence-electron chi connectivity index (χ0n) is 17.0. The van der Waals surface area contributed by atoms with Crippen LogP contribution in [0.3, 0.4) is 0 Å². The van der Waals surface area contributed by atoms with Gasteiger partial charge in [-0.25, -0.2) is 0 Å². The van der Waals surface area contributed by atoms with E-state index >= 15 is 0 Å². The van der Waals surface area contributed by atoms with Gasteiger partial charge in [0.2, 0.25) is 5.91 Å². The predicted molar refractivity (Wildman–Crippen MR) is 116 cm³/mol. The summed E-state index contributed by atoms with van der Waals surface area (Å²) in [6.45, 7) is 5.03. The van der Waals surface area contributed by atoms with Crippen molar-refractivity contribution in [3.63, 3.8) is 0 Å². The summed E-state index contributed by atoms with van der Waals surface area (Å²) < 4.78 is 6.63. The van der Waals surface area contributed by atoms with E-state index in [0.717, 1.165) is 70.6 Å². The highest BCUT2D eigenvalue weighted by atomic mass is 32.1. The SMILES string of the molecule is O=C(CC1CC2(CCN(Cc3ccsc3)CC2)Oc2ccccc21)N1CCCC1. The Balaban J connectivity index is 1.29. The second-order valence-corrected chi connectivity index (χ2v) is 9.70. The topological polar surface area (TPSA) is 32.8 Å². The first-order valence-corrected chi connectivity index (χ1v) is 11.9. The van der Waals surface area contributed by atoms with Gasteiger partial charge in [0, 0.05) is 45.1 Å². The van der Waals surface area contributed by atoms with Crippen LogP contribution in [0.25, 0.3) is 0 Å². The predicted octanol–water partition coefficient (Wildman–Crippen LogP) is 4.66. The second kappa shape index (κ2) is 8.11. The average Bonchev–Trinajstić information content (AvgIpc) is 3.44. The molecule has 1 spiro atoms. The molecule has 2 aromatic rings. The Labute approximate surface area is 177 Å². The first-order chi connectivity index (χ1) is 14.2. The number of benzene rings is 1. The van der Waals surface area contributed by atoms with Crippen LogP contribution in [0.2, 0.25) is 0 Å². The number of para-hydroxylation sites is 1. The van der Waals surface area contributed by atoms with Crippen LogP contribution >= 0.6 is 11.3 Å². The standard InChI is InChI=1S/C24H30N2O2S/c27-23(26-10-3-4-11-26)15-20-16-24(28-22-6-2-1-5-21(20)22)8-12-25(13-9-24)17-19-7-14-29-18-19/h1-2,5-7,14,18,20H,3-4,8-13,15-17H2. The summed E-state index contributed by atoms with van der Waals surface area (Å²) in [4.78, 5) is 17.5. The quantitative estimate of drug-likeness (QED) is 0.735. The second-order valence-electron chi connectivity index (χ2n) is 8.92. The van der Waals surface area contributed by atoms with Gasteiger partial charge >= 0.3 is 0 Å². The number of thiophene rings is 1. The summed E-state index contributed by atoms with van der Waals surface area (Å²) in [7, 11) is 0. The molecule has 1 aromatic carbocycles. The van der Waals surface area contributed by atoms with Gasteiger partial charge < -0.3 is 9.64 Å². The van der Waals surface area contributed by atoms with Crippen LogP contribution in [0.5, 0.6) is 5.75 Å². The van der Waals surface area contributed by atoms with E-state index in [9.17, 15) is 4.79 Å². The average molecular weight is 411 g/mol. The number of amides is 1. The molecule has 4 heterocycles. The molecule has 0 bridgehead atoms. The number of hydrogen-bond donors (Lipinski definition) is 0. The van der Waals surface area contributed by atoms with Crippen LogP contribution in [-0.2, 0) is 11.3 Å². The molecule has 2 saturated heterocycles. The molecule has 4 nitrogen and oxygen atoms in total. The Kier molecular flexibility index (Phi) is 5.35. The minimum Gasteiger partial charge on any atom is -0.487 e. The van der Waals surface area contributed by atoms with Gasteiger partial charge in [-0.3, -0.25) is 9.69 Å². The number of carbonyl (C=O) groups is 1. The molecule has 5 rings (SSSR count). The molecule has 154 valence electrons. The number of hydrogen-bond acceptors (Lipinski definition) is 4. The zero-order valence-corrected chi connectivity index (χ0v) is 17.8. The van der Waals surface area contributed by atoms with Gasteiger partial charge in [0.1, 0.15) is 11.4 Å². The molecule has 2 fully saturated rings. The lowest BCUT2D eigenvalue weighted by Gasteiger charge is -2.47. The van der Waals surface area contributed by atoms with Gasteiger partial charge in [0.25, 0.3) is 0 Å². The van der Waals surface area contributed by atoms with Crippen LogP contribution in [0.1, 0.15) is 55.6 Å². The highest BCUT2D eigenvalue weighted by Crippen LogP contribution is 2.46. The van der Waals surface area contributed by atoms with E-state index in [2.05, 4.69) is 50.9 Å². The first kappa shape index (κ1) is 19.1. The fourth-order valence-corrected chi connectivity index (χ4v) is 5.96. The lowest BCUT2D eigenvalue weighted by Crippen LogP contribution is -2.50. The van der Waals surface area contributed by atoms with Crippen LogP contribution in [-0.4, -0.2) is 47.5 Å². The van der Waals surface area contributed by atoms with Gasteiger partial charge in [-0.1, -0.05) is 18.2 Å². The maximum Gasteiger partial charge on any atom is 0.223 e. The molecule has 1 aromatic heterocycles. The summed E-state index contributed by atoms with van der Waals surface area (Å²) in [6.07, 6.45) is 5.98. The van der Waals surface area contributed by atoms with E-state index in [4.69, 9.17) is 4.74 Å². The highest BCUT2D eigenvalue weighted by molar-refractivity contribution is 7.07. The molecule has 0 aliphatic carbocycles. The molecule has 3 aliphatic heterocycles. The van der Waals surface area contributed by atoms with Crippen molar-refractivity contribution >= 4 is 17.2 Å². The Morgan fingerprint density at radius 2 is 1.90 bits per heavy atom. The largest absolute Gasteiger partial charge is 0.487 e. The summed E-state index contributed by atoms with van der Waals surface area (Å²) in [5.41, 5.74) is 2.52. The van der Waals surface area contributed by atoms with Gasteiger partial charge in [0.15, 0.2) is 0 Å². The molecule has 0 N–H and O–H groups in total. The number of fused-ring (bicyclic) bond motifs is 1. The lowest BCUT2D eigenvalue weighted by atomic mass is 9.76. The monoisotopic (exact) mass is 410 g/mol. The third kappa shape index (κ3) is 4.08. The van der Waals surface area contributed by atoms with Crippen LogP contribution in [0.4, 0.5) is 0 Å². The van der Waals surface area contributed by atoms with Crippen molar-refractivity contribution in [2.24, 2.45) is 0 Å². The number of nitrogens with zero attached hydrogens (tertiary/aromatic N) is 2. The summed E-state index contributed by atoms with van der Waals surface area (Å²) in [6, 6.07) is 10.6. The number of piperidine rings is 1. The molecule has 29 heavy (non-hydrogen) atoms. The fourth-order valence-electron chi connectivity index (χ4n) is 5.30. The Bertz CT molecular complexity index is 836. The smallest absolute Gasteiger partial charge is 0.223 e. The Morgan fingerprint density at radius 3 is 2.66 bits per heavy atom. The minimum absolute atomic E-state index is 0.116. The summed E-state index contributed by atoms with van der Waals surface area (Å²) >= 11 is 1.77. The fraction of sp³-hybridized carbons (Fsp3) is 0.542. The van der Waals surface area contributed by atoms with Gasteiger partial charge in [0.05, 0.1) is 0 Å². The van der Waals surface area contributed by atoms with Crippen LogP contribution in [0.15, 0.2) is 41.1 Å². The van der Waals surface area contributed by atoms with E-state index < -0.39 is 0 Å².